The molecule has 25 heavy (non-hydrogen) atoms. The number of esters is 1. The molecule has 1 aromatic rings. The fourth-order valence-electron chi connectivity index (χ4n) is 5.28. The number of anilines is 1. The number of methoxy groups -OCH3 is 1. The van der Waals surface area contributed by atoms with Crippen LogP contribution in [0.25, 0.3) is 0 Å². The molecule has 0 aromatic heterocycles. The van der Waals surface area contributed by atoms with Crippen molar-refractivity contribution in [2.75, 3.05) is 12.1 Å². The van der Waals surface area contributed by atoms with E-state index in [1.165, 1.54) is 7.11 Å². The van der Waals surface area contributed by atoms with Crippen molar-refractivity contribution in [2.45, 2.75) is 39.7 Å². The third kappa shape index (κ3) is 1.92. The molecule has 4 atom stereocenters. The van der Waals surface area contributed by atoms with Gasteiger partial charge in [-0.1, -0.05) is 31.5 Å². The number of rotatable bonds is 3. The van der Waals surface area contributed by atoms with Crippen molar-refractivity contribution in [1.82, 2.24) is 0 Å². The number of benzene rings is 1. The molecule has 0 N–H and O–H groups in total. The quantitative estimate of drug-likeness (QED) is 0.627. The van der Waals surface area contributed by atoms with Gasteiger partial charge in [0.15, 0.2) is 5.71 Å². The Kier molecular flexibility index (Phi) is 3.37. The predicted octanol–water partition coefficient (Wildman–Crippen LogP) is 2.96. The fraction of sp³-hybridized carbons (Fsp3) is 0.550. The molecule has 3 aliphatic carbocycles. The Labute approximate surface area is 148 Å². The zero-order valence-electron chi connectivity index (χ0n) is 15.2. The first kappa shape index (κ1) is 16.3. The largest absolute Gasteiger partial charge is 0.464 e. The highest BCUT2D eigenvalue weighted by atomic mass is 16.5. The lowest BCUT2D eigenvalue weighted by Crippen LogP contribution is -2.68. The van der Waals surface area contributed by atoms with E-state index in [0.29, 0.717) is 5.92 Å². The smallest absolute Gasteiger partial charge is 0.355 e. The molecule has 1 aromatic carbocycles. The SMILES string of the molecule is COC(=O)C1=NN(c2ccc(C)cc2)[C@H]2C[C@H]3C[C@H](C3(C)C)[C@@]12C=O. The Hall–Kier alpha value is -2.17. The average Bonchev–Trinajstić information content (AvgIpc) is 2.97. The van der Waals surface area contributed by atoms with Crippen LogP contribution < -0.4 is 5.01 Å². The second-order valence-electron chi connectivity index (χ2n) is 8.23. The number of aldehydes is 1. The molecule has 3 fully saturated rings. The topological polar surface area (TPSA) is 59.0 Å². The second kappa shape index (κ2) is 5.16. The van der Waals surface area contributed by atoms with E-state index in [-0.39, 0.29) is 23.1 Å². The minimum Gasteiger partial charge on any atom is -0.464 e. The highest BCUT2D eigenvalue weighted by molar-refractivity contribution is 6.43. The highest BCUT2D eigenvalue weighted by Crippen LogP contribution is 2.68. The first-order chi connectivity index (χ1) is 11.9. The Balaban J connectivity index is 1.85. The lowest BCUT2D eigenvalue weighted by Gasteiger charge is -2.64. The Morgan fingerprint density at radius 1 is 1.28 bits per heavy atom. The van der Waals surface area contributed by atoms with Crippen LogP contribution in [-0.2, 0) is 14.3 Å². The van der Waals surface area contributed by atoms with Crippen molar-refractivity contribution in [3.63, 3.8) is 0 Å². The van der Waals surface area contributed by atoms with Gasteiger partial charge in [0.2, 0.25) is 0 Å². The van der Waals surface area contributed by atoms with E-state index in [1.54, 1.807) is 0 Å². The third-order valence-electron chi connectivity index (χ3n) is 6.89. The summed E-state index contributed by atoms with van der Waals surface area (Å²) in [6, 6.07) is 7.94. The van der Waals surface area contributed by atoms with Crippen molar-refractivity contribution >= 4 is 23.7 Å². The minimum atomic E-state index is -0.879. The van der Waals surface area contributed by atoms with Crippen LogP contribution >= 0.6 is 0 Å². The summed E-state index contributed by atoms with van der Waals surface area (Å²) in [5.74, 6) is 0.179. The molecule has 4 aliphatic rings. The zero-order valence-corrected chi connectivity index (χ0v) is 15.2. The highest BCUT2D eigenvalue weighted by Gasteiger charge is 2.71. The van der Waals surface area contributed by atoms with Crippen molar-refractivity contribution in [3.05, 3.63) is 29.8 Å². The number of carbonyl (C=O) groups is 2. The van der Waals surface area contributed by atoms with Crippen LogP contribution in [0.15, 0.2) is 29.4 Å². The number of hydrogen-bond acceptors (Lipinski definition) is 5. The normalized spacial score (nSPS) is 34.6. The van der Waals surface area contributed by atoms with Crippen LogP contribution in [0.3, 0.4) is 0 Å². The molecule has 5 nitrogen and oxygen atoms in total. The van der Waals surface area contributed by atoms with Crippen LogP contribution in [-0.4, -0.2) is 31.1 Å². The molecule has 0 saturated heterocycles. The number of aryl methyl sites for hydroxylation is 1. The molecule has 1 aliphatic heterocycles. The van der Waals surface area contributed by atoms with Gasteiger partial charge < -0.3 is 9.53 Å². The van der Waals surface area contributed by atoms with Crippen molar-refractivity contribution < 1.29 is 14.3 Å². The average molecular weight is 340 g/mol. The lowest BCUT2D eigenvalue weighted by atomic mass is 9.39. The summed E-state index contributed by atoms with van der Waals surface area (Å²) in [6.07, 6.45) is 2.81. The second-order valence-corrected chi connectivity index (χ2v) is 8.23. The van der Waals surface area contributed by atoms with Crippen LogP contribution in [0, 0.1) is 29.6 Å². The Morgan fingerprint density at radius 2 is 1.96 bits per heavy atom. The molecule has 2 bridgehead atoms. The first-order valence-electron chi connectivity index (χ1n) is 8.86. The number of hydrazone groups is 1. The lowest BCUT2D eigenvalue weighted by molar-refractivity contribution is -0.154. The van der Waals surface area contributed by atoms with Gasteiger partial charge in [-0.2, -0.15) is 5.10 Å². The number of hydrogen-bond donors (Lipinski definition) is 0. The molecular formula is C20H24N2O3. The molecule has 3 saturated carbocycles. The monoisotopic (exact) mass is 340 g/mol. The minimum absolute atomic E-state index is 0.0372. The standard InChI is InChI=1S/C20H24N2O3/c1-12-5-7-14(8-6-12)22-16-10-13-9-15(19(13,2)3)20(16,11-23)17(21-22)18(24)25-4/h5-8,11,13,15-16H,9-10H2,1-4H3/t13-,15-,16+,20-/m1/s1. The first-order valence-corrected chi connectivity index (χ1v) is 8.86. The van der Waals surface area contributed by atoms with Gasteiger partial charge in [-0.05, 0) is 49.1 Å². The van der Waals surface area contributed by atoms with Crippen molar-refractivity contribution in [2.24, 2.45) is 27.8 Å². The fourth-order valence-corrected chi connectivity index (χ4v) is 5.28. The third-order valence-corrected chi connectivity index (χ3v) is 6.89. The van der Waals surface area contributed by atoms with Gasteiger partial charge in [-0.25, -0.2) is 4.79 Å². The van der Waals surface area contributed by atoms with Crippen molar-refractivity contribution in [1.29, 1.82) is 0 Å². The van der Waals surface area contributed by atoms with E-state index in [2.05, 4.69) is 18.9 Å². The van der Waals surface area contributed by atoms with Crippen LogP contribution in [0.2, 0.25) is 0 Å². The maximum absolute atomic E-state index is 12.5. The molecule has 0 unspecified atom stereocenters. The summed E-state index contributed by atoms with van der Waals surface area (Å²) in [5, 5.41) is 6.52. The molecule has 0 radical (unpaired) electrons. The summed E-state index contributed by atoms with van der Waals surface area (Å²) < 4.78 is 4.99. The molecule has 0 spiro atoms. The van der Waals surface area contributed by atoms with Gasteiger partial charge in [-0.3, -0.25) is 5.01 Å². The van der Waals surface area contributed by atoms with Crippen LogP contribution in [0.4, 0.5) is 5.69 Å². The number of carbonyl (C=O) groups excluding carboxylic acids is 2. The van der Waals surface area contributed by atoms with E-state index < -0.39 is 11.4 Å². The summed E-state index contributed by atoms with van der Waals surface area (Å²) in [7, 11) is 1.35. The van der Waals surface area contributed by atoms with Crippen LogP contribution in [0.1, 0.15) is 32.3 Å². The van der Waals surface area contributed by atoms with E-state index >= 15 is 0 Å². The van der Waals surface area contributed by atoms with E-state index in [9.17, 15) is 9.59 Å². The van der Waals surface area contributed by atoms with Crippen LogP contribution in [0.5, 0.6) is 0 Å². The van der Waals surface area contributed by atoms with E-state index in [1.807, 2.05) is 36.2 Å². The van der Waals surface area contributed by atoms with Gasteiger partial charge in [0.1, 0.15) is 11.7 Å². The number of nitrogens with zero attached hydrogens (tertiary/aromatic N) is 2. The zero-order chi connectivity index (χ0) is 18.0. The predicted molar refractivity (Wildman–Crippen MR) is 95.4 cm³/mol. The van der Waals surface area contributed by atoms with Gasteiger partial charge in [0.25, 0.3) is 0 Å². The summed E-state index contributed by atoms with van der Waals surface area (Å²) >= 11 is 0. The van der Waals surface area contributed by atoms with Gasteiger partial charge in [-0.15, -0.1) is 0 Å². The van der Waals surface area contributed by atoms with Gasteiger partial charge in [0, 0.05) is 0 Å². The van der Waals surface area contributed by atoms with Gasteiger partial charge >= 0.3 is 5.97 Å². The summed E-state index contributed by atoms with van der Waals surface area (Å²) in [4.78, 5) is 24.9. The number of ether oxygens (including phenoxy) is 1. The molecule has 5 rings (SSSR count). The van der Waals surface area contributed by atoms with Crippen molar-refractivity contribution in [3.8, 4) is 0 Å². The summed E-state index contributed by atoms with van der Waals surface area (Å²) in [5.41, 5.74) is 1.51. The molecular weight excluding hydrogens is 316 g/mol. The maximum atomic E-state index is 12.5. The van der Waals surface area contributed by atoms with E-state index in [0.717, 1.165) is 30.4 Å². The summed E-state index contributed by atoms with van der Waals surface area (Å²) in [6.45, 7) is 6.44. The Morgan fingerprint density at radius 3 is 2.52 bits per heavy atom. The van der Waals surface area contributed by atoms with Gasteiger partial charge in [0.05, 0.1) is 18.8 Å². The Bertz CT molecular complexity index is 768. The molecule has 1 heterocycles. The maximum Gasteiger partial charge on any atom is 0.355 e. The molecule has 5 heteroatoms. The molecule has 132 valence electrons. The molecule has 0 amide bonds. The van der Waals surface area contributed by atoms with E-state index in [4.69, 9.17) is 4.74 Å².